The van der Waals surface area contributed by atoms with Gasteiger partial charge in [0.05, 0.1) is 13.2 Å². The van der Waals surface area contributed by atoms with Crippen molar-refractivity contribution in [2.75, 3.05) is 19.8 Å². The van der Waals surface area contributed by atoms with Gasteiger partial charge in [0.1, 0.15) is 12.7 Å². The number of hydrogen-bond donors (Lipinski definition) is 4. The van der Waals surface area contributed by atoms with Gasteiger partial charge in [-0.05, 0) is 77.0 Å². The Morgan fingerprint density at radius 3 is 1.44 bits per heavy atom. The van der Waals surface area contributed by atoms with E-state index in [1.165, 1.54) is 109 Å². The zero-order chi connectivity index (χ0) is 45.6. The average molecular weight is 894 g/mol. The van der Waals surface area contributed by atoms with Crippen LogP contribution in [0.3, 0.4) is 0 Å². The van der Waals surface area contributed by atoms with Crippen LogP contribution in [0.5, 0.6) is 0 Å². The Kier molecular flexibility index (Phi) is 42.7. The number of phosphoric ester groups is 1. The van der Waals surface area contributed by atoms with E-state index in [1.54, 1.807) is 0 Å². The van der Waals surface area contributed by atoms with Crippen LogP contribution >= 0.6 is 7.82 Å². The Morgan fingerprint density at radius 2 is 0.935 bits per heavy atom. The lowest BCUT2D eigenvalue weighted by Crippen LogP contribution is -2.43. The highest BCUT2D eigenvalue weighted by Gasteiger charge is 2.28. The van der Waals surface area contributed by atoms with Gasteiger partial charge in [-0.3, -0.25) is 18.6 Å². The lowest BCUT2D eigenvalue weighted by atomic mass is 10.0. The number of aliphatic hydroxyl groups excluding tert-OH is 1. The summed E-state index contributed by atoms with van der Waals surface area (Å²) >= 11 is 0. The van der Waals surface area contributed by atoms with Crippen LogP contribution in [0.2, 0.25) is 0 Å². The van der Waals surface area contributed by atoms with Gasteiger partial charge >= 0.3 is 19.8 Å². The van der Waals surface area contributed by atoms with Crippen LogP contribution in [0.1, 0.15) is 206 Å². The summed E-state index contributed by atoms with van der Waals surface area (Å²) in [6.07, 6.45) is 52.6. The fraction of sp³-hybridized carbons (Fsp3) is 0.740. The first kappa shape index (κ1) is 59.2. The molecule has 0 aliphatic rings. The zero-order valence-electron chi connectivity index (χ0n) is 38.9. The predicted octanol–water partition coefficient (Wildman–Crippen LogP) is 13.1. The molecule has 0 saturated carbocycles. The average Bonchev–Trinajstić information content (AvgIpc) is 3.25. The Bertz CT molecular complexity index is 1280. The summed E-state index contributed by atoms with van der Waals surface area (Å²) in [5, 5.41) is 21.8. The number of carbonyl (C=O) groups excluding carboxylic acids is 2. The number of esters is 1. The molecule has 0 aromatic heterocycles. The second kappa shape index (κ2) is 44.8. The van der Waals surface area contributed by atoms with Gasteiger partial charge in [0.25, 0.3) is 0 Å². The molecule has 4 N–H and O–H groups in total. The molecular weight excluding hydrogens is 806 g/mol. The Labute approximate surface area is 376 Å². The molecule has 0 spiro atoms. The third kappa shape index (κ3) is 43.8. The molecule has 1 amide bonds. The minimum Gasteiger partial charge on any atom is -0.480 e. The number of allylic oxidation sites excluding steroid dienone is 10. The van der Waals surface area contributed by atoms with Crippen molar-refractivity contribution < 1.29 is 47.8 Å². The van der Waals surface area contributed by atoms with E-state index < -0.39 is 57.6 Å². The van der Waals surface area contributed by atoms with Crippen LogP contribution in [0, 0.1) is 0 Å². The van der Waals surface area contributed by atoms with Crippen LogP contribution in [0.25, 0.3) is 0 Å². The van der Waals surface area contributed by atoms with Crippen molar-refractivity contribution in [3.05, 3.63) is 60.8 Å². The molecule has 0 saturated heterocycles. The highest BCUT2D eigenvalue weighted by Crippen LogP contribution is 2.43. The summed E-state index contributed by atoms with van der Waals surface area (Å²) in [7, 11) is -4.77. The molecule has 0 fully saturated rings. The number of aliphatic hydroxyl groups is 1. The molecule has 0 aliphatic carbocycles. The van der Waals surface area contributed by atoms with Crippen LogP contribution in [0.15, 0.2) is 60.8 Å². The number of hydrogen-bond acceptors (Lipinski definition) is 8. The summed E-state index contributed by atoms with van der Waals surface area (Å²) in [6, 6.07) is -1.57. The van der Waals surface area contributed by atoms with Crippen molar-refractivity contribution in [2.45, 2.75) is 219 Å². The van der Waals surface area contributed by atoms with E-state index in [0.717, 1.165) is 57.8 Å². The van der Waals surface area contributed by atoms with Gasteiger partial charge < -0.3 is 25.2 Å². The summed E-state index contributed by atoms with van der Waals surface area (Å²) in [5.74, 6) is -2.43. The molecule has 0 rings (SSSR count). The molecule has 0 aliphatic heterocycles. The van der Waals surface area contributed by atoms with Gasteiger partial charge in [-0.1, -0.05) is 177 Å². The number of unbranched alkanes of at least 4 members (excludes halogenated alkanes) is 21. The van der Waals surface area contributed by atoms with Crippen LogP contribution in [-0.2, 0) is 32.7 Å². The lowest BCUT2D eigenvalue weighted by Gasteiger charge is -2.18. The minimum atomic E-state index is -4.77. The molecule has 0 aromatic carbocycles. The quantitative estimate of drug-likeness (QED) is 0.0200. The van der Waals surface area contributed by atoms with E-state index in [2.05, 4.69) is 73.8 Å². The highest BCUT2D eigenvalue weighted by molar-refractivity contribution is 7.47. The fourth-order valence-electron chi connectivity index (χ4n) is 6.54. The first-order chi connectivity index (χ1) is 30.1. The Hall–Kier alpha value is -2.82. The van der Waals surface area contributed by atoms with Gasteiger partial charge in [0.2, 0.25) is 5.91 Å². The first-order valence-electron chi connectivity index (χ1n) is 24.3. The van der Waals surface area contributed by atoms with Crippen molar-refractivity contribution in [3.8, 4) is 0 Å². The summed E-state index contributed by atoms with van der Waals surface area (Å²) in [4.78, 5) is 46.0. The lowest BCUT2D eigenvalue weighted by molar-refractivity contribution is -0.147. The molecule has 12 heteroatoms. The summed E-state index contributed by atoms with van der Waals surface area (Å²) in [5.41, 5.74) is 0. The number of carboxylic acid groups (broad SMARTS) is 1. The molecule has 0 bridgehead atoms. The number of phosphoric acid groups is 1. The van der Waals surface area contributed by atoms with E-state index in [0.29, 0.717) is 12.8 Å². The standard InChI is InChI=1S/C50H88NO10P/c1-3-5-7-9-11-13-15-17-19-20-21-22-23-24-25-26-28-30-32-34-36-38-40-42-49(54)59-43-46(52)44-60-62(57,58)61-45-47(50(55)56)51-48(53)41-39-37-35-33-31-29-27-18-16-14-12-10-8-6-4-2/h6,8,12,14,17-19,27,31,33,46-47,52H,3-5,7,9-11,13,15-16,20-26,28-30,32,34-45H2,1-2H3,(H,51,53)(H,55,56)(H,57,58)/b8-6-,14-12-,19-17+,27-18-,33-31-. The third-order valence-corrected chi connectivity index (χ3v) is 11.2. The fourth-order valence-corrected chi connectivity index (χ4v) is 7.31. The predicted molar refractivity (Wildman–Crippen MR) is 254 cm³/mol. The van der Waals surface area contributed by atoms with E-state index in [4.69, 9.17) is 13.8 Å². The smallest absolute Gasteiger partial charge is 0.472 e. The van der Waals surface area contributed by atoms with E-state index >= 15 is 0 Å². The third-order valence-electron chi connectivity index (χ3n) is 10.3. The second-order valence-corrected chi connectivity index (χ2v) is 17.7. The number of carbonyl (C=O) groups is 3. The van der Waals surface area contributed by atoms with E-state index in [1.807, 2.05) is 6.08 Å². The largest absolute Gasteiger partial charge is 0.480 e. The van der Waals surface area contributed by atoms with Crippen molar-refractivity contribution in [2.24, 2.45) is 0 Å². The molecule has 0 aromatic rings. The molecule has 0 radical (unpaired) electrons. The SMILES string of the molecule is CC/C=C\C/C=C\C/C=C\C/C=C\CCCCC(=O)NC(COP(=O)(O)OCC(O)COC(=O)CCCCCCCCCCCCCCC/C=C/CCCCCCCC)C(=O)O. The van der Waals surface area contributed by atoms with Gasteiger partial charge in [0.15, 0.2) is 6.04 Å². The summed E-state index contributed by atoms with van der Waals surface area (Å²) < 4.78 is 26.9. The van der Waals surface area contributed by atoms with Gasteiger partial charge in [0, 0.05) is 12.8 Å². The normalized spacial score (nSPS) is 14.1. The maximum atomic E-state index is 12.3. The molecule has 11 nitrogen and oxygen atoms in total. The minimum absolute atomic E-state index is 0.0913. The molecule has 358 valence electrons. The molecule has 62 heavy (non-hydrogen) atoms. The van der Waals surface area contributed by atoms with Crippen molar-refractivity contribution in [1.29, 1.82) is 0 Å². The van der Waals surface area contributed by atoms with Crippen molar-refractivity contribution in [1.82, 2.24) is 5.32 Å². The van der Waals surface area contributed by atoms with E-state index in [9.17, 15) is 34.1 Å². The topological polar surface area (TPSA) is 169 Å². The molecule has 3 atom stereocenters. The molecular formula is C50H88NO10P. The summed E-state index contributed by atoms with van der Waals surface area (Å²) in [6.45, 7) is 2.45. The van der Waals surface area contributed by atoms with Crippen LogP contribution in [0.4, 0.5) is 0 Å². The number of rotatable bonds is 45. The first-order valence-corrected chi connectivity index (χ1v) is 25.8. The zero-order valence-corrected chi connectivity index (χ0v) is 39.8. The number of carboxylic acids is 1. The van der Waals surface area contributed by atoms with Gasteiger partial charge in [-0.15, -0.1) is 0 Å². The molecule has 3 unspecified atom stereocenters. The second-order valence-electron chi connectivity index (χ2n) is 16.3. The molecule has 0 heterocycles. The number of aliphatic carboxylic acids is 1. The monoisotopic (exact) mass is 894 g/mol. The Balaban J connectivity index is 3.85. The maximum absolute atomic E-state index is 12.3. The number of amides is 1. The highest BCUT2D eigenvalue weighted by atomic mass is 31.2. The number of ether oxygens (including phenoxy) is 1. The maximum Gasteiger partial charge on any atom is 0.472 e. The van der Waals surface area contributed by atoms with Gasteiger partial charge in [-0.25, -0.2) is 9.36 Å². The van der Waals surface area contributed by atoms with Crippen LogP contribution < -0.4 is 5.32 Å². The van der Waals surface area contributed by atoms with Crippen molar-refractivity contribution >= 4 is 25.7 Å². The van der Waals surface area contributed by atoms with E-state index in [-0.39, 0.29) is 12.8 Å². The van der Waals surface area contributed by atoms with Crippen molar-refractivity contribution in [3.63, 3.8) is 0 Å². The van der Waals surface area contributed by atoms with Crippen LogP contribution in [-0.4, -0.2) is 64.9 Å². The Morgan fingerprint density at radius 1 is 0.532 bits per heavy atom. The van der Waals surface area contributed by atoms with Gasteiger partial charge in [-0.2, -0.15) is 0 Å². The number of nitrogens with one attached hydrogen (secondary N) is 1.